The number of hydrogen-bond donors (Lipinski definition) is 0. The number of carbonyl (C=O) groups excluding carboxylic acids is 1. The van der Waals surface area contributed by atoms with Crippen molar-refractivity contribution in [2.24, 2.45) is 5.92 Å². The average Bonchev–Trinajstić information content (AvgIpc) is 3.55. The first-order valence-electron chi connectivity index (χ1n) is 11.7. The Morgan fingerprint density at radius 3 is 2.55 bits per heavy atom. The molecule has 33 heavy (non-hydrogen) atoms. The Balaban J connectivity index is 1.70. The van der Waals surface area contributed by atoms with Gasteiger partial charge in [-0.2, -0.15) is 5.26 Å². The van der Waals surface area contributed by atoms with Crippen molar-refractivity contribution in [2.75, 3.05) is 36.5 Å². The summed E-state index contributed by atoms with van der Waals surface area (Å²) in [5.74, 6) is 0.435. The van der Waals surface area contributed by atoms with Gasteiger partial charge >= 0.3 is 0 Å². The second-order valence-electron chi connectivity index (χ2n) is 10.7. The first-order chi connectivity index (χ1) is 15.4. The number of ether oxygens (including phenoxy) is 1. The van der Waals surface area contributed by atoms with Gasteiger partial charge < -0.3 is 14.5 Å². The highest BCUT2D eigenvalue weighted by atomic mass is 32.2. The second-order valence-corrected chi connectivity index (χ2v) is 12.8. The third-order valence-corrected chi connectivity index (χ3v) is 7.68. The summed E-state index contributed by atoms with van der Waals surface area (Å²) in [6, 6.07) is 2.28. The van der Waals surface area contributed by atoms with E-state index in [-0.39, 0.29) is 23.5 Å². The molecule has 2 fully saturated rings. The molecule has 1 aromatic heterocycles. The number of piperazine rings is 1. The molecule has 1 aromatic rings. The smallest absolute Gasteiger partial charge is 0.238 e. The standard InChI is InChI=1S/C24H34N4O4S/c1-15(2)20-12-27(8-9-28(20)21(29)14-33(5,30)31)23-18(11-25)17-10-24(3,4)32-13-19(17)22(26-23)16-6-7-16/h15-16,20H,6-10,12-14H2,1-5H3/t20-/m0/s1. The SMILES string of the molecule is CC(C)[C@@H]1CN(c2nc(C3CC3)c3c(c2C#N)CC(C)(C)OC3)CCN1C(=O)CS(C)(=O)=O. The number of nitriles is 1. The van der Waals surface area contributed by atoms with E-state index in [1.165, 1.54) is 0 Å². The van der Waals surface area contributed by atoms with Crippen LogP contribution in [0.4, 0.5) is 5.82 Å². The summed E-state index contributed by atoms with van der Waals surface area (Å²) in [4.78, 5) is 21.6. The third kappa shape index (κ3) is 5.02. The minimum atomic E-state index is -3.40. The maximum Gasteiger partial charge on any atom is 0.238 e. The average molecular weight is 475 g/mol. The van der Waals surface area contributed by atoms with Crippen LogP contribution in [-0.4, -0.2) is 67.5 Å². The van der Waals surface area contributed by atoms with Gasteiger partial charge in [-0.25, -0.2) is 13.4 Å². The summed E-state index contributed by atoms with van der Waals surface area (Å²) in [5, 5.41) is 10.2. The van der Waals surface area contributed by atoms with Crippen LogP contribution in [0.3, 0.4) is 0 Å². The van der Waals surface area contributed by atoms with Gasteiger partial charge in [-0.15, -0.1) is 0 Å². The monoisotopic (exact) mass is 474 g/mol. The molecule has 1 aliphatic carbocycles. The highest BCUT2D eigenvalue weighted by Gasteiger charge is 2.39. The van der Waals surface area contributed by atoms with Crippen LogP contribution in [0.15, 0.2) is 0 Å². The van der Waals surface area contributed by atoms with E-state index >= 15 is 0 Å². The van der Waals surface area contributed by atoms with E-state index in [0.29, 0.717) is 50.0 Å². The molecule has 0 bridgehead atoms. The predicted molar refractivity (Wildman–Crippen MR) is 126 cm³/mol. The number of hydrogen-bond acceptors (Lipinski definition) is 7. The van der Waals surface area contributed by atoms with Gasteiger partial charge in [0.15, 0.2) is 9.84 Å². The molecule has 8 nitrogen and oxygen atoms in total. The Morgan fingerprint density at radius 2 is 1.97 bits per heavy atom. The summed E-state index contributed by atoms with van der Waals surface area (Å²) in [7, 11) is -3.40. The Bertz CT molecular complexity index is 1100. The van der Waals surface area contributed by atoms with Crippen LogP contribution in [0, 0.1) is 17.2 Å². The minimum absolute atomic E-state index is 0.134. The first kappa shape index (κ1) is 24.0. The maximum absolute atomic E-state index is 12.8. The number of pyridine rings is 1. The van der Waals surface area contributed by atoms with Crippen molar-refractivity contribution < 1.29 is 17.9 Å². The lowest BCUT2D eigenvalue weighted by Crippen LogP contribution is -2.58. The van der Waals surface area contributed by atoms with E-state index in [2.05, 4.69) is 24.8 Å². The number of anilines is 1. The first-order valence-corrected chi connectivity index (χ1v) is 13.8. The summed E-state index contributed by atoms with van der Waals surface area (Å²) in [6.45, 7) is 10.1. The summed E-state index contributed by atoms with van der Waals surface area (Å²) in [6.07, 6.45) is 3.97. The van der Waals surface area contributed by atoms with E-state index in [0.717, 1.165) is 35.9 Å². The predicted octanol–water partition coefficient (Wildman–Crippen LogP) is 2.40. The lowest BCUT2D eigenvalue weighted by molar-refractivity contribution is -0.132. The summed E-state index contributed by atoms with van der Waals surface area (Å²) in [5.41, 5.74) is 3.47. The molecule has 9 heteroatoms. The van der Waals surface area contributed by atoms with Gasteiger partial charge in [0.25, 0.3) is 0 Å². The lowest BCUT2D eigenvalue weighted by Gasteiger charge is -2.44. The number of rotatable bonds is 5. The largest absolute Gasteiger partial charge is 0.370 e. The van der Waals surface area contributed by atoms with Crippen LogP contribution in [0.2, 0.25) is 0 Å². The Kier molecular flexibility index (Phi) is 6.21. The van der Waals surface area contributed by atoms with Crippen molar-refractivity contribution in [3.63, 3.8) is 0 Å². The zero-order valence-corrected chi connectivity index (χ0v) is 21.0. The van der Waals surface area contributed by atoms with Crippen molar-refractivity contribution >= 4 is 21.6 Å². The van der Waals surface area contributed by atoms with Crippen LogP contribution in [0.5, 0.6) is 0 Å². The van der Waals surface area contributed by atoms with E-state index in [1.807, 2.05) is 13.8 Å². The molecule has 0 N–H and O–H groups in total. The number of amides is 1. The van der Waals surface area contributed by atoms with Crippen molar-refractivity contribution in [1.29, 1.82) is 5.26 Å². The van der Waals surface area contributed by atoms with Crippen LogP contribution in [0.25, 0.3) is 0 Å². The topological polar surface area (TPSA) is 104 Å². The minimum Gasteiger partial charge on any atom is -0.370 e. The number of fused-ring (bicyclic) bond motifs is 1. The van der Waals surface area contributed by atoms with Gasteiger partial charge in [0, 0.05) is 43.8 Å². The van der Waals surface area contributed by atoms with Gasteiger partial charge in [0.1, 0.15) is 17.6 Å². The van der Waals surface area contributed by atoms with Crippen LogP contribution >= 0.6 is 0 Å². The molecular weight excluding hydrogens is 440 g/mol. The van der Waals surface area contributed by atoms with Crippen LogP contribution < -0.4 is 4.90 Å². The zero-order valence-electron chi connectivity index (χ0n) is 20.2. The highest BCUT2D eigenvalue weighted by molar-refractivity contribution is 7.91. The molecule has 2 aliphatic heterocycles. The van der Waals surface area contributed by atoms with Crippen LogP contribution in [0.1, 0.15) is 68.8 Å². The summed E-state index contributed by atoms with van der Waals surface area (Å²) >= 11 is 0. The molecule has 3 aliphatic rings. The van der Waals surface area contributed by atoms with E-state index in [4.69, 9.17) is 9.72 Å². The van der Waals surface area contributed by atoms with E-state index < -0.39 is 15.6 Å². The molecule has 4 rings (SSSR count). The highest BCUT2D eigenvalue weighted by Crippen LogP contribution is 2.46. The Morgan fingerprint density at radius 1 is 1.27 bits per heavy atom. The second kappa shape index (κ2) is 8.55. The molecule has 3 heterocycles. The molecule has 1 atom stereocenters. The quantitative estimate of drug-likeness (QED) is 0.645. The molecule has 1 saturated carbocycles. The fourth-order valence-electron chi connectivity index (χ4n) is 5.01. The van der Waals surface area contributed by atoms with Gasteiger partial charge in [-0.05, 0) is 38.2 Å². The fourth-order valence-corrected chi connectivity index (χ4v) is 5.62. The molecule has 0 unspecified atom stereocenters. The molecule has 0 aromatic carbocycles. The van der Waals surface area contributed by atoms with Gasteiger partial charge in [0.05, 0.1) is 29.5 Å². The molecule has 0 spiro atoms. The Hall–Kier alpha value is -2.18. The van der Waals surface area contributed by atoms with Gasteiger partial charge in [0.2, 0.25) is 5.91 Å². The summed E-state index contributed by atoms with van der Waals surface area (Å²) < 4.78 is 29.5. The number of aromatic nitrogens is 1. The Labute approximate surface area is 196 Å². The maximum atomic E-state index is 12.8. The number of sulfone groups is 1. The zero-order chi connectivity index (χ0) is 24.1. The molecule has 1 amide bonds. The van der Waals surface area contributed by atoms with Crippen molar-refractivity contribution in [2.45, 2.75) is 71.1 Å². The molecule has 0 radical (unpaired) electrons. The van der Waals surface area contributed by atoms with Crippen LogP contribution in [-0.2, 0) is 32.4 Å². The fraction of sp³-hybridized carbons (Fsp3) is 0.708. The molecule has 1 saturated heterocycles. The third-order valence-electron chi connectivity index (χ3n) is 6.90. The normalized spacial score (nSPS) is 22.8. The van der Waals surface area contributed by atoms with Crippen molar-refractivity contribution in [3.05, 3.63) is 22.4 Å². The number of carbonyl (C=O) groups is 1. The molecular formula is C24H34N4O4S. The van der Waals surface area contributed by atoms with Crippen molar-refractivity contribution in [1.82, 2.24) is 9.88 Å². The van der Waals surface area contributed by atoms with Gasteiger partial charge in [-0.1, -0.05) is 13.8 Å². The van der Waals surface area contributed by atoms with E-state index in [1.54, 1.807) is 4.90 Å². The van der Waals surface area contributed by atoms with Crippen molar-refractivity contribution in [3.8, 4) is 6.07 Å². The van der Waals surface area contributed by atoms with E-state index in [9.17, 15) is 18.5 Å². The lowest BCUT2D eigenvalue weighted by atomic mass is 9.87. The number of nitrogens with zero attached hydrogens (tertiary/aromatic N) is 4. The molecule has 180 valence electrons. The van der Waals surface area contributed by atoms with Gasteiger partial charge in [-0.3, -0.25) is 4.79 Å².